The monoisotopic (exact) mass is 552 g/mol. The van der Waals surface area contributed by atoms with Gasteiger partial charge in [0, 0.05) is 17.6 Å². The van der Waals surface area contributed by atoms with E-state index in [4.69, 9.17) is 18.9 Å². The number of hydrogen-bond donors (Lipinski definition) is 2. The molecule has 0 saturated heterocycles. The first-order valence-electron chi connectivity index (χ1n) is 13.6. The van der Waals surface area contributed by atoms with Crippen molar-refractivity contribution in [2.24, 2.45) is 0 Å². The van der Waals surface area contributed by atoms with Crippen molar-refractivity contribution in [3.63, 3.8) is 0 Å². The number of rotatable bonds is 14. The predicted octanol–water partition coefficient (Wildman–Crippen LogP) is 4.49. The average Bonchev–Trinajstić information content (AvgIpc) is 2.97. The lowest BCUT2D eigenvalue weighted by Crippen LogP contribution is -2.31. The maximum atomic E-state index is 11.2. The lowest BCUT2D eigenvalue weighted by atomic mass is 9.65. The van der Waals surface area contributed by atoms with Crippen LogP contribution >= 0.6 is 0 Å². The minimum Gasteiger partial charge on any atom is -0.490 e. The van der Waals surface area contributed by atoms with Gasteiger partial charge in [-0.3, -0.25) is 0 Å². The summed E-state index contributed by atoms with van der Waals surface area (Å²) in [6.07, 6.45) is 5.71. The topological polar surface area (TPSA) is 112 Å². The van der Waals surface area contributed by atoms with Gasteiger partial charge in [0.2, 0.25) is 0 Å². The van der Waals surface area contributed by atoms with Crippen molar-refractivity contribution in [3.05, 3.63) is 84.0 Å². The fourth-order valence-electron chi connectivity index (χ4n) is 5.06. The van der Waals surface area contributed by atoms with E-state index in [0.29, 0.717) is 11.5 Å². The number of esters is 2. The summed E-state index contributed by atoms with van der Waals surface area (Å²) in [7, 11) is 0. The van der Waals surface area contributed by atoms with Crippen LogP contribution in [0.15, 0.2) is 61.7 Å². The van der Waals surface area contributed by atoms with E-state index >= 15 is 0 Å². The van der Waals surface area contributed by atoms with Crippen molar-refractivity contribution in [1.29, 1.82) is 0 Å². The molecule has 8 nitrogen and oxygen atoms in total. The molecule has 0 aliphatic heterocycles. The maximum Gasteiger partial charge on any atom is 0.330 e. The van der Waals surface area contributed by atoms with Crippen molar-refractivity contribution in [1.82, 2.24) is 0 Å². The van der Waals surface area contributed by atoms with Crippen LogP contribution in [0.5, 0.6) is 11.5 Å². The molecule has 0 radical (unpaired) electrons. The van der Waals surface area contributed by atoms with Crippen LogP contribution < -0.4 is 9.47 Å². The molecule has 0 bridgehead atoms. The molecule has 1 aliphatic carbocycles. The molecule has 2 unspecified atom stereocenters. The molecule has 0 heterocycles. The molecule has 2 N–H and O–H groups in total. The number of carbonyl (C=O) groups is 2. The highest BCUT2D eigenvalue weighted by Crippen LogP contribution is 2.46. The van der Waals surface area contributed by atoms with Crippen LogP contribution in [0.2, 0.25) is 0 Å². The highest BCUT2D eigenvalue weighted by molar-refractivity contribution is 5.81. The molecule has 2 aromatic carbocycles. The van der Waals surface area contributed by atoms with Gasteiger partial charge in [0.1, 0.15) is 50.1 Å². The third-order valence-electron chi connectivity index (χ3n) is 7.19. The second-order valence-corrected chi connectivity index (χ2v) is 10.2. The molecule has 8 heteroatoms. The fourth-order valence-corrected chi connectivity index (χ4v) is 5.06. The number of hydrogen-bond acceptors (Lipinski definition) is 8. The van der Waals surface area contributed by atoms with Gasteiger partial charge in [0.05, 0.1) is 0 Å². The fraction of sp³-hybridized carbons (Fsp3) is 0.438. The zero-order chi connectivity index (χ0) is 29.1. The van der Waals surface area contributed by atoms with Crippen molar-refractivity contribution in [2.45, 2.75) is 63.6 Å². The van der Waals surface area contributed by atoms with Crippen LogP contribution in [-0.2, 0) is 24.5 Å². The van der Waals surface area contributed by atoms with Gasteiger partial charge in [0.25, 0.3) is 0 Å². The molecule has 1 saturated carbocycles. The maximum absolute atomic E-state index is 11.2. The number of benzene rings is 2. The Labute approximate surface area is 236 Å². The molecular formula is C32H40O8. The first kappa shape index (κ1) is 30.9. The second kappa shape index (κ2) is 14.7. The van der Waals surface area contributed by atoms with Gasteiger partial charge in [-0.1, -0.05) is 56.7 Å². The quantitative estimate of drug-likeness (QED) is 0.261. The molecule has 0 amide bonds. The number of aliphatic hydroxyl groups is 2. The van der Waals surface area contributed by atoms with Crippen LogP contribution in [0, 0.1) is 13.8 Å². The van der Waals surface area contributed by atoms with Gasteiger partial charge < -0.3 is 29.2 Å². The highest BCUT2D eigenvalue weighted by atomic mass is 16.6. The van der Waals surface area contributed by atoms with Crippen LogP contribution in [0.3, 0.4) is 0 Å². The molecule has 2 aromatic rings. The van der Waals surface area contributed by atoms with Crippen LogP contribution in [-0.4, -0.2) is 60.8 Å². The SMILES string of the molecule is C=CC(=O)OCC(O)COc1ccc(C2(c3ccc(OCC(O)COC(=O)C=C)c(C)c3)CCCCC2)cc1C. The van der Waals surface area contributed by atoms with Gasteiger partial charge in [0.15, 0.2) is 0 Å². The zero-order valence-corrected chi connectivity index (χ0v) is 23.4. The lowest BCUT2D eigenvalue weighted by Gasteiger charge is -2.39. The van der Waals surface area contributed by atoms with Gasteiger partial charge in [-0.05, 0) is 61.1 Å². The van der Waals surface area contributed by atoms with Gasteiger partial charge in [-0.25, -0.2) is 9.59 Å². The molecule has 1 fully saturated rings. The lowest BCUT2D eigenvalue weighted by molar-refractivity contribution is -0.142. The predicted molar refractivity (Wildman–Crippen MR) is 152 cm³/mol. The number of ether oxygens (including phenoxy) is 4. The minimum atomic E-state index is -0.945. The van der Waals surface area contributed by atoms with Crippen LogP contribution in [0.1, 0.15) is 54.4 Å². The zero-order valence-electron chi connectivity index (χ0n) is 23.4. The van der Waals surface area contributed by atoms with Gasteiger partial charge in [-0.15, -0.1) is 0 Å². The van der Waals surface area contributed by atoms with Crippen molar-refractivity contribution in [2.75, 3.05) is 26.4 Å². The molecule has 216 valence electrons. The van der Waals surface area contributed by atoms with Gasteiger partial charge in [-0.2, -0.15) is 0 Å². The van der Waals surface area contributed by atoms with Gasteiger partial charge >= 0.3 is 11.9 Å². The smallest absolute Gasteiger partial charge is 0.330 e. The summed E-state index contributed by atoms with van der Waals surface area (Å²) in [6, 6.07) is 12.4. The van der Waals surface area contributed by atoms with E-state index in [1.807, 2.05) is 26.0 Å². The standard InChI is InChI=1S/C32H40O8/c1-5-30(35)39-20-26(33)18-37-28-12-10-24(16-22(28)3)32(14-8-7-9-15-32)25-11-13-29(23(4)17-25)38-19-27(34)21-40-31(36)6-2/h5-6,10-13,16-17,26-27,33-34H,1-2,7-9,14-15,18-21H2,3-4H3. The van der Waals surface area contributed by atoms with E-state index in [1.165, 1.54) is 17.5 Å². The van der Waals surface area contributed by atoms with E-state index in [2.05, 4.69) is 37.4 Å². The Morgan fingerprint density at radius 3 is 1.57 bits per heavy atom. The normalized spacial score (nSPS) is 15.8. The minimum absolute atomic E-state index is 0.00178. The largest absolute Gasteiger partial charge is 0.490 e. The van der Waals surface area contributed by atoms with E-state index < -0.39 is 24.1 Å². The van der Waals surface area contributed by atoms with Crippen LogP contribution in [0.4, 0.5) is 0 Å². The first-order chi connectivity index (χ1) is 19.2. The molecule has 0 spiro atoms. The summed E-state index contributed by atoms with van der Waals surface area (Å²) in [6.45, 7) is 10.3. The summed E-state index contributed by atoms with van der Waals surface area (Å²) in [5.74, 6) is 0.162. The molecule has 0 aromatic heterocycles. The van der Waals surface area contributed by atoms with Crippen molar-refractivity contribution >= 4 is 11.9 Å². The molecule has 1 aliphatic rings. The Kier molecular flexibility index (Phi) is 11.3. The Hall–Kier alpha value is -3.62. The summed E-state index contributed by atoms with van der Waals surface area (Å²) in [5, 5.41) is 20.2. The first-order valence-corrected chi connectivity index (χ1v) is 13.6. The van der Waals surface area contributed by atoms with E-state index in [-0.39, 0.29) is 31.8 Å². The third kappa shape index (κ3) is 8.19. The molecular weight excluding hydrogens is 512 g/mol. The molecule has 40 heavy (non-hydrogen) atoms. The number of aryl methyl sites for hydroxylation is 2. The Morgan fingerprint density at radius 1 is 0.775 bits per heavy atom. The van der Waals surface area contributed by atoms with Crippen molar-refractivity contribution in [3.8, 4) is 11.5 Å². The highest BCUT2D eigenvalue weighted by Gasteiger charge is 2.36. The molecule has 3 rings (SSSR count). The summed E-state index contributed by atoms with van der Waals surface area (Å²) < 4.78 is 21.4. The summed E-state index contributed by atoms with van der Waals surface area (Å²) in [5.41, 5.74) is 4.19. The average molecular weight is 553 g/mol. The Bertz CT molecular complexity index is 1100. The Balaban J connectivity index is 1.73. The van der Waals surface area contributed by atoms with E-state index in [0.717, 1.165) is 49.0 Å². The number of aliphatic hydroxyl groups excluding tert-OH is 2. The van der Waals surface area contributed by atoms with Crippen LogP contribution in [0.25, 0.3) is 0 Å². The number of carbonyl (C=O) groups excluding carboxylic acids is 2. The summed E-state index contributed by atoms with van der Waals surface area (Å²) >= 11 is 0. The Morgan fingerprint density at radius 2 is 1.20 bits per heavy atom. The third-order valence-corrected chi connectivity index (χ3v) is 7.19. The van der Waals surface area contributed by atoms with Crippen molar-refractivity contribution < 1.29 is 38.7 Å². The summed E-state index contributed by atoms with van der Waals surface area (Å²) in [4.78, 5) is 22.4. The molecule has 2 atom stereocenters. The second-order valence-electron chi connectivity index (χ2n) is 10.2. The van der Waals surface area contributed by atoms with E-state index in [1.54, 1.807) is 0 Å². The van der Waals surface area contributed by atoms with E-state index in [9.17, 15) is 19.8 Å².